The second kappa shape index (κ2) is 6.68. The third kappa shape index (κ3) is 3.16. The first-order chi connectivity index (χ1) is 12.6. The molecular formula is C18H22N4O4. The maximum absolute atomic E-state index is 12.5. The number of anilines is 1. The molecule has 4 heterocycles. The third-order valence-electron chi connectivity index (χ3n) is 5.19. The number of pyridine rings is 1. The first-order valence-corrected chi connectivity index (χ1v) is 8.95. The number of ether oxygens (including phenoxy) is 1. The predicted octanol–water partition coefficient (Wildman–Crippen LogP) is 1.25. The molecule has 8 heteroatoms. The molecule has 0 radical (unpaired) electrons. The minimum absolute atomic E-state index is 0.0202. The molecule has 4 rings (SSSR count). The summed E-state index contributed by atoms with van der Waals surface area (Å²) in [5.41, 5.74) is 1.15. The van der Waals surface area contributed by atoms with Crippen LogP contribution in [-0.2, 0) is 19.2 Å². The van der Waals surface area contributed by atoms with E-state index in [1.165, 1.54) is 0 Å². The van der Waals surface area contributed by atoms with Crippen LogP contribution in [0.5, 0.6) is 0 Å². The highest BCUT2D eigenvalue weighted by atomic mass is 16.7. The monoisotopic (exact) mass is 358 g/mol. The van der Waals surface area contributed by atoms with Crippen molar-refractivity contribution in [3.8, 4) is 0 Å². The highest BCUT2D eigenvalue weighted by molar-refractivity contribution is 6.43. The van der Waals surface area contributed by atoms with Crippen LogP contribution in [0.15, 0.2) is 23.5 Å². The smallest absolute Gasteiger partial charge is 0.273 e. The van der Waals surface area contributed by atoms with Gasteiger partial charge in [0.05, 0.1) is 17.9 Å². The maximum atomic E-state index is 12.5. The normalized spacial score (nSPS) is 27.5. The number of hydrogen-bond acceptors (Lipinski definition) is 6. The highest BCUT2D eigenvalue weighted by Gasteiger charge is 2.49. The van der Waals surface area contributed by atoms with Gasteiger partial charge in [-0.2, -0.15) is 0 Å². The highest BCUT2D eigenvalue weighted by Crippen LogP contribution is 2.35. The summed E-state index contributed by atoms with van der Waals surface area (Å²) >= 11 is 0. The van der Waals surface area contributed by atoms with Gasteiger partial charge in [0.15, 0.2) is 5.60 Å². The summed E-state index contributed by atoms with van der Waals surface area (Å²) in [6.45, 7) is 3.52. The van der Waals surface area contributed by atoms with E-state index in [2.05, 4.69) is 15.5 Å². The number of carbonyl (C=O) groups excluding carboxylic acids is 2. The van der Waals surface area contributed by atoms with E-state index < -0.39 is 5.60 Å². The number of likely N-dealkylation sites (tertiary alicyclic amines) is 1. The van der Waals surface area contributed by atoms with E-state index in [1.54, 1.807) is 23.2 Å². The topological polar surface area (TPSA) is 93.1 Å². The Labute approximate surface area is 151 Å². The Balaban J connectivity index is 1.36. The molecule has 8 nitrogen and oxygen atoms in total. The van der Waals surface area contributed by atoms with Crippen LogP contribution in [0.4, 0.5) is 5.69 Å². The van der Waals surface area contributed by atoms with Crippen molar-refractivity contribution < 1.29 is 19.2 Å². The van der Waals surface area contributed by atoms with Gasteiger partial charge in [-0.15, -0.1) is 0 Å². The van der Waals surface area contributed by atoms with E-state index in [0.717, 1.165) is 18.5 Å². The zero-order valence-electron chi connectivity index (χ0n) is 14.7. The van der Waals surface area contributed by atoms with E-state index in [9.17, 15) is 9.59 Å². The molecule has 1 N–H and O–H groups in total. The lowest BCUT2D eigenvalue weighted by molar-refractivity contribution is -0.141. The van der Waals surface area contributed by atoms with Crippen molar-refractivity contribution in [1.29, 1.82) is 0 Å². The Kier molecular flexibility index (Phi) is 4.36. The van der Waals surface area contributed by atoms with Crippen molar-refractivity contribution in [2.75, 3.05) is 25.0 Å². The van der Waals surface area contributed by atoms with Crippen LogP contribution in [0.25, 0.3) is 0 Å². The Morgan fingerprint density at radius 3 is 3.08 bits per heavy atom. The van der Waals surface area contributed by atoms with Crippen molar-refractivity contribution in [1.82, 2.24) is 9.88 Å². The molecule has 0 aliphatic carbocycles. The minimum atomic E-state index is -0.592. The number of hydrogen-bond donors (Lipinski definition) is 1. The molecule has 2 fully saturated rings. The van der Waals surface area contributed by atoms with Gasteiger partial charge >= 0.3 is 0 Å². The first kappa shape index (κ1) is 17.0. The Hall–Kier alpha value is -2.48. The van der Waals surface area contributed by atoms with Crippen LogP contribution in [0.3, 0.4) is 0 Å². The van der Waals surface area contributed by atoms with E-state index in [4.69, 9.17) is 9.57 Å². The molecule has 0 aromatic carbocycles. The van der Waals surface area contributed by atoms with E-state index >= 15 is 0 Å². The Bertz CT molecular complexity index is 759. The average Bonchev–Trinajstić information content (AvgIpc) is 3.38. The lowest BCUT2D eigenvalue weighted by atomic mass is 9.96. The van der Waals surface area contributed by atoms with Crippen molar-refractivity contribution in [3.05, 3.63) is 24.0 Å². The Morgan fingerprint density at radius 2 is 2.31 bits per heavy atom. The van der Waals surface area contributed by atoms with Gasteiger partial charge in [0.1, 0.15) is 11.8 Å². The number of aryl methyl sites for hydroxylation is 1. The summed E-state index contributed by atoms with van der Waals surface area (Å²) in [6.07, 6.45) is 4.11. The SMILES string of the molecule is Cc1ncccc1NC(=O)C1=NO[C@]2(CCN(C(=O)[C@H]3CCCO3)C2)C1. The van der Waals surface area contributed by atoms with Crippen LogP contribution in [-0.4, -0.2) is 58.8 Å². The summed E-state index contributed by atoms with van der Waals surface area (Å²) < 4.78 is 5.48. The van der Waals surface area contributed by atoms with Gasteiger partial charge in [0.25, 0.3) is 11.8 Å². The minimum Gasteiger partial charge on any atom is -0.386 e. The fourth-order valence-corrected chi connectivity index (χ4v) is 3.68. The van der Waals surface area contributed by atoms with Crippen molar-refractivity contribution >= 4 is 23.2 Å². The summed E-state index contributed by atoms with van der Waals surface area (Å²) in [7, 11) is 0. The molecule has 0 saturated carbocycles. The van der Waals surface area contributed by atoms with Crippen molar-refractivity contribution in [3.63, 3.8) is 0 Å². The zero-order chi connectivity index (χ0) is 18.1. The number of amides is 2. The zero-order valence-corrected chi connectivity index (χ0v) is 14.7. The molecule has 2 atom stereocenters. The molecule has 138 valence electrons. The lowest BCUT2D eigenvalue weighted by Gasteiger charge is -2.23. The predicted molar refractivity (Wildman–Crippen MR) is 93.6 cm³/mol. The van der Waals surface area contributed by atoms with Crippen LogP contribution < -0.4 is 5.32 Å². The molecule has 1 spiro atoms. The van der Waals surface area contributed by atoms with Gasteiger partial charge in [0.2, 0.25) is 0 Å². The van der Waals surface area contributed by atoms with Crippen molar-refractivity contribution in [2.45, 2.75) is 44.3 Å². The average molecular weight is 358 g/mol. The number of carbonyl (C=O) groups is 2. The van der Waals surface area contributed by atoms with Gasteiger partial charge in [-0.05, 0) is 31.9 Å². The molecule has 1 aromatic heterocycles. The molecule has 0 unspecified atom stereocenters. The van der Waals surface area contributed by atoms with E-state index in [-0.39, 0.29) is 17.9 Å². The van der Waals surface area contributed by atoms with Gasteiger partial charge < -0.3 is 19.8 Å². The van der Waals surface area contributed by atoms with E-state index in [0.29, 0.717) is 43.9 Å². The number of rotatable bonds is 3. The Morgan fingerprint density at radius 1 is 1.42 bits per heavy atom. The summed E-state index contributed by atoms with van der Waals surface area (Å²) in [4.78, 5) is 36.5. The van der Waals surface area contributed by atoms with Gasteiger partial charge in [-0.1, -0.05) is 5.16 Å². The standard InChI is InChI=1S/C18H22N4O4/c1-12-13(4-2-7-19-12)20-16(23)14-10-18(26-21-14)6-8-22(11-18)17(24)15-5-3-9-25-15/h2,4,7,15H,3,5-6,8-11H2,1H3,(H,20,23)/t15-,18-/m1/s1. The fraction of sp³-hybridized carbons (Fsp3) is 0.556. The largest absolute Gasteiger partial charge is 0.386 e. The molecule has 2 amide bonds. The van der Waals surface area contributed by atoms with Crippen LogP contribution in [0, 0.1) is 6.92 Å². The molecule has 1 aromatic rings. The van der Waals surface area contributed by atoms with Crippen LogP contribution in [0.1, 0.15) is 31.4 Å². The quantitative estimate of drug-likeness (QED) is 0.878. The van der Waals surface area contributed by atoms with Crippen LogP contribution >= 0.6 is 0 Å². The maximum Gasteiger partial charge on any atom is 0.273 e. The van der Waals surface area contributed by atoms with E-state index in [1.807, 2.05) is 6.92 Å². The molecule has 2 saturated heterocycles. The fourth-order valence-electron chi connectivity index (χ4n) is 3.68. The molecular weight excluding hydrogens is 336 g/mol. The van der Waals surface area contributed by atoms with Crippen molar-refractivity contribution in [2.24, 2.45) is 5.16 Å². The number of oxime groups is 1. The molecule has 26 heavy (non-hydrogen) atoms. The summed E-state index contributed by atoms with van der Waals surface area (Å²) in [5, 5.41) is 6.83. The van der Waals surface area contributed by atoms with Crippen LogP contribution in [0.2, 0.25) is 0 Å². The number of aromatic nitrogens is 1. The summed E-state index contributed by atoms with van der Waals surface area (Å²) in [6, 6.07) is 3.56. The molecule has 3 aliphatic rings. The summed E-state index contributed by atoms with van der Waals surface area (Å²) in [5.74, 6) is -0.270. The number of nitrogens with one attached hydrogen (secondary N) is 1. The third-order valence-corrected chi connectivity index (χ3v) is 5.19. The molecule has 3 aliphatic heterocycles. The molecule has 0 bridgehead atoms. The van der Waals surface area contributed by atoms with Gasteiger partial charge in [0, 0.05) is 32.2 Å². The van der Waals surface area contributed by atoms with Gasteiger partial charge in [-0.25, -0.2) is 0 Å². The number of nitrogens with zero attached hydrogens (tertiary/aromatic N) is 3. The van der Waals surface area contributed by atoms with Gasteiger partial charge in [-0.3, -0.25) is 14.6 Å². The second-order valence-electron chi connectivity index (χ2n) is 7.09. The first-order valence-electron chi connectivity index (χ1n) is 8.95. The second-order valence-corrected chi connectivity index (χ2v) is 7.09. The lowest BCUT2D eigenvalue weighted by Crippen LogP contribution is -2.41.